The van der Waals surface area contributed by atoms with E-state index >= 15 is 0 Å². The summed E-state index contributed by atoms with van der Waals surface area (Å²) in [6.07, 6.45) is 5.83. The Bertz CT molecular complexity index is 819. The average Bonchev–Trinajstić information content (AvgIpc) is 3.54. The Balaban J connectivity index is 1.62. The highest BCUT2D eigenvalue weighted by Crippen LogP contribution is 2.39. The summed E-state index contributed by atoms with van der Waals surface area (Å²) in [4.78, 5) is 28.1. The molecule has 3 N–H and O–H groups in total. The fraction of sp³-hybridized carbons (Fsp3) is 0.474. The molecule has 2 fully saturated rings. The second-order valence-corrected chi connectivity index (χ2v) is 7.13. The molecule has 0 bridgehead atoms. The molecule has 1 saturated heterocycles. The lowest BCUT2D eigenvalue weighted by molar-refractivity contribution is 0.0963. The minimum Gasteiger partial charge on any atom is -0.355 e. The molecule has 8 nitrogen and oxygen atoms in total. The first-order chi connectivity index (χ1) is 13.2. The van der Waals surface area contributed by atoms with Crippen molar-refractivity contribution in [3.05, 3.63) is 35.8 Å². The number of hydrogen-bond acceptors (Lipinski definition) is 7. The van der Waals surface area contributed by atoms with Crippen LogP contribution in [-0.4, -0.2) is 53.6 Å². The zero-order chi connectivity index (χ0) is 18.8. The molecule has 0 aromatic carbocycles. The Labute approximate surface area is 158 Å². The van der Waals surface area contributed by atoms with Gasteiger partial charge < -0.3 is 20.9 Å². The highest BCUT2D eigenvalue weighted by atomic mass is 16.1. The number of nitrogens with zero attached hydrogens (tertiary/aromatic N) is 4. The second-order valence-electron chi connectivity index (χ2n) is 7.13. The lowest BCUT2D eigenvalue weighted by Crippen LogP contribution is -2.50. The predicted octanol–water partition coefficient (Wildman–Crippen LogP) is 1.65. The van der Waals surface area contributed by atoms with Crippen LogP contribution < -0.4 is 20.9 Å². The summed E-state index contributed by atoms with van der Waals surface area (Å²) < 4.78 is 0. The standard InChI is InChI=1S/C19H25N7O/c1-12-9-21-7-8-26(12)19-23-11-15(18(27)20-2)17(25-19)24-14-5-6-16(22-10-14)13-3-4-13/h5-6,10-13,21H,3-4,7-9H2,1-2H3,(H,20,27)(H,23,24,25). The topological polar surface area (TPSA) is 95.1 Å². The lowest BCUT2D eigenvalue weighted by Gasteiger charge is -2.34. The van der Waals surface area contributed by atoms with Crippen molar-refractivity contribution in [2.45, 2.75) is 31.7 Å². The molecule has 27 heavy (non-hydrogen) atoms. The quantitative estimate of drug-likeness (QED) is 0.739. The number of piperazine rings is 1. The molecule has 8 heteroatoms. The van der Waals surface area contributed by atoms with Crippen LogP contribution in [0.5, 0.6) is 0 Å². The number of carbonyl (C=O) groups excluding carboxylic acids is 1. The summed E-state index contributed by atoms with van der Waals surface area (Å²) in [5.41, 5.74) is 2.35. The van der Waals surface area contributed by atoms with Crippen LogP contribution in [0.4, 0.5) is 17.5 Å². The van der Waals surface area contributed by atoms with Gasteiger partial charge >= 0.3 is 0 Å². The lowest BCUT2D eigenvalue weighted by atomic mass is 10.2. The van der Waals surface area contributed by atoms with Gasteiger partial charge in [0.25, 0.3) is 5.91 Å². The molecule has 0 radical (unpaired) electrons. The largest absolute Gasteiger partial charge is 0.355 e. The van der Waals surface area contributed by atoms with Crippen LogP contribution in [0.25, 0.3) is 0 Å². The van der Waals surface area contributed by atoms with Crippen LogP contribution in [0.3, 0.4) is 0 Å². The van der Waals surface area contributed by atoms with Crippen LogP contribution in [-0.2, 0) is 0 Å². The van der Waals surface area contributed by atoms with Gasteiger partial charge in [-0.25, -0.2) is 4.98 Å². The summed E-state index contributed by atoms with van der Waals surface area (Å²) in [6, 6.07) is 4.32. The number of hydrogen-bond donors (Lipinski definition) is 3. The van der Waals surface area contributed by atoms with Crippen molar-refractivity contribution in [1.29, 1.82) is 0 Å². The monoisotopic (exact) mass is 367 g/mol. The van der Waals surface area contributed by atoms with E-state index in [1.165, 1.54) is 12.8 Å². The Morgan fingerprint density at radius 2 is 2.11 bits per heavy atom. The van der Waals surface area contributed by atoms with E-state index in [1.807, 2.05) is 12.1 Å². The van der Waals surface area contributed by atoms with Crippen LogP contribution >= 0.6 is 0 Å². The van der Waals surface area contributed by atoms with E-state index in [0.717, 1.165) is 31.0 Å². The smallest absolute Gasteiger partial charge is 0.256 e. The molecule has 1 atom stereocenters. The maximum Gasteiger partial charge on any atom is 0.256 e. The summed E-state index contributed by atoms with van der Waals surface area (Å²) in [7, 11) is 1.60. The molecule has 3 heterocycles. The van der Waals surface area contributed by atoms with E-state index in [9.17, 15) is 4.79 Å². The number of amides is 1. The number of pyridine rings is 1. The highest BCUT2D eigenvalue weighted by molar-refractivity contribution is 5.99. The van der Waals surface area contributed by atoms with Gasteiger partial charge in [-0.05, 0) is 31.9 Å². The van der Waals surface area contributed by atoms with Crippen molar-refractivity contribution in [2.24, 2.45) is 0 Å². The fourth-order valence-electron chi connectivity index (χ4n) is 3.28. The molecular formula is C19H25N7O. The van der Waals surface area contributed by atoms with Gasteiger partial charge in [0.2, 0.25) is 5.95 Å². The van der Waals surface area contributed by atoms with E-state index in [-0.39, 0.29) is 11.9 Å². The van der Waals surface area contributed by atoms with Gasteiger partial charge in [0, 0.05) is 50.5 Å². The summed E-state index contributed by atoms with van der Waals surface area (Å²) >= 11 is 0. The van der Waals surface area contributed by atoms with Crippen molar-refractivity contribution >= 4 is 23.4 Å². The van der Waals surface area contributed by atoms with Gasteiger partial charge in [0.1, 0.15) is 11.4 Å². The molecule has 142 valence electrons. The third-order valence-corrected chi connectivity index (χ3v) is 5.05. The Hall–Kier alpha value is -2.74. The van der Waals surface area contributed by atoms with Crippen molar-refractivity contribution < 1.29 is 4.79 Å². The van der Waals surface area contributed by atoms with Gasteiger partial charge in [-0.2, -0.15) is 4.98 Å². The molecular weight excluding hydrogens is 342 g/mol. The molecule has 1 aliphatic carbocycles. The van der Waals surface area contributed by atoms with Crippen LogP contribution in [0.15, 0.2) is 24.5 Å². The summed E-state index contributed by atoms with van der Waals surface area (Å²) in [6.45, 7) is 4.74. The third-order valence-electron chi connectivity index (χ3n) is 5.05. The highest BCUT2D eigenvalue weighted by Gasteiger charge is 2.25. The van der Waals surface area contributed by atoms with Gasteiger partial charge in [-0.15, -0.1) is 0 Å². The first kappa shape index (κ1) is 17.7. The van der Waals surface area contributed by atoms with Crippen LogP contribution in [0, 0.1) is 0 Å². The molecule has 2 aromatic heterocycles. The van der Waals surface area contributed by atoms with Crippen LogP contribution in [0.1, 0.15) is 41.7 Å². The predicted molar refractivity (Wildman–Crippen MR) is 105 cm³/mol. The van der Waals surface area contributed by atoms with Crippen molar-refractivity contribution in [3.63, 3.8) is 0 Å². The molecule has 1 saturated carbocycles. The first-order valence-electron chi connectivity index (χ1n) is 9.45. The van der Waals surface area contributed by atoms with Crippen molar-refractivity contribution in [3.8, 4) is 0 Å². The maximum atomic E-state index is 12.3. The Kier molecular flexibility index (Phi) is 4.89. The molecule has 2 aliphatic rings. The summed E-state index contributed by atoms with van der Waals surface area (Å²) in [5, 5.41) is 9.26. The third kappa shape index (κ3) is 3.85. The minimum absolute atomic E-state index is 0.222. The zero-order valence-electron chi connectivity index (χ0n) is 15.7. The number of rotatable bonds is 5. The molecule has 1 amide bonds. The average molecular weight is 367 g/mol. The first-order valence-corrected chi connectivity index (χ1v) is 9.45. The molecule has 4 rings (SSSR count). The Morgan fingerprint density at radius 1 is 1.26 bits per heavy atom. The minimum atomic E-state index is -0.222. The van der Waals surface area contributed by atoms with E-state index in [0.29, 0.717) is 23.2 Å². The van der Waals surface area contributed by atoms with E-state index in [4.69, 9.17) is 0 Å². The molecule has 1 aliphatic heterocycles. The number of nitrogens with one attached hydrogen (secondary N) is 3. The van der Waals surface area contributed by atoms with Gasteiger partial charge in [0.05, 0.1) is 11.9 Å². The maximum absolute atomic E-state index is 12.3. The van der Waals surface area contributed by atoms with Gasteiger partial charge in [-0.3, -0.25) is 9.78 Å². The van der Waals surface area contributed by atoms with Gasteiger partial charge in [-0.1, -0.05) is 0 Å². The molecule has 1 unspecified atom stereocenters. The van der Waals surface area contributed by atoms with Gasteiger partial charge in [0.15, 0.2) is 0 Å². The SMILES string of the molecule is CNC(=O)c1cnc(N2CCNCC2C)nc1Nc1ccc(C2CC2)nc1. The number of aromatic nitrogens is 3. The zero-order valence-corrected chi connectivity index (χ0v) is 15.7. The number of anilines is 3. The van der Waals surface area contributed by atoms with Crippen LogP contribution in [0.2, 0.25) is 0 Å². The second kappa shape index (κ2) is 7.48. The fourth-order valence-corrected chi connectivity index (χ4v) is 3.28. The number of carbonyl (C=O) groups is 1. The van der Waals surface area contributed by atoms with Crippen molar-refractivity contribution in [2.75, 3.05) is 36.9 Å². The van der Waals surface area contributed by atoms with E-state index in [1.54, 1.807) is 19.4 Å². The van der Waals surface area contributed by atoms with Crippen molar-refractivity contribution in [1.82, 2.24) is 25.6 Å². The van der Waals surface area contributed by atoms with E-state index in [2.05, 4.69) is 42.7 Å². The molecule has 2 aromatic rings. The van der Waals surface area contributed by atoms with E-state index < -0.39 is 0 Å². The summed E-state index contributed by atoms with van der Waals surface area (Å²) in [5.74, 6) is 1.51. The normalized spacial score (nSPS) is 19.6. The molecule has 0 spiro atoms. The Morgan fingerprint density at radius 3 is 2.78 bits per heavy atom.